The second-order valence-electron chi connectivity index (χ2n) is 5.02. The Morgan fingerprint density at radius 3 is 2.25 bits per heavy atom. The molecule has 0 saturated carbocycles. The van der Waals surface area contributed by atoms with Gasteiger partial charge in [-0.2, -0.15) is 0 Å². The minimum atomic E-state index is -4.17. The maximum absolute atomic E-state index is 11.8. The summed E-state index contributed by atoms with van der Waals surface area (Å²) in [5.41, 5.74) is -1.63. The molecule has 2 N–H and O–H groups in total. The van der Waals surface area contributed by atoms with Crippen molar-refractivity contribution in [2.24, 2.45) is 5.14 Å². The van der Waals surface area contributed by atoms with Gasteiger partial charge in [0.1, 0.15) is 5.60 Å². The Hall–Kier alpha value is -2.00. The van der Waals surface area contributed by atoms with Gasteiger partial charge < -0.3 is 4.74 Å². The highest BCUT2D eigenvalue weighted by atomic mass is 32.2. The van der Waals surface area contributed by atoms with Crippen molar-refractivity contribution in [1.29, 1.82) is 0 Å². The minimum absolute atomic E-state index is 0.252. The van der Waals surface area contributed by atoms with Gasteiger partial charge in [0, 0.05) is 12.1 Å². The lowest BCUT2D eigenvalue weighted by Crippen LogP contribution is -2.24. The number of ether oxygens (including phenoxy) is 1. The number of nitrogens with zero attached hydrogens (tertiary/aromatic N) is 1. The van der Waals surface area contributed by atoms with Gasteiger partial charge in [0.25, 0.3) is 5.69 Å². The third-order valence-electron chi connectivity index (χ3n) is 2.07. The van der Waals surface area contributed by atoms with E-state index in [-0.39, 0.29) is 5.56 Å². The van der Waals surface area contributed by atoms with Crippen LogP contribution in [-0.2, 0) is 14.8 Å². The van der Waals surface area contributed by atoms with Gasteiger partial charge in [0.2, 0.25) is 10.0 Å². The summed E-state index contributed by atoms with van der Waals surface area (Å²) in [6.07, 6.45) is 0. The van der Waals surface area contributed by atoms with Crippen LogP contribution in [-0.4, -0.2) is 24.9 Å². The molecule has 1 aromatic carbocycles. The van der Waals surface area contributed by atoms with Gasteiger partial charge in [0.05, 0.1) is 15.4 Å². The molecule has 0 aliphatic heterocycles. The number of benzene rings is 1. The number of nitro groups is 1. The first-order valence-corrected chi connectivity index (χ1v) is 7.00. The molecular weight excluding hydrogens is 288 g/mol. The van der Waals surface area contributed by atoms with Crippen molar-refractivity contribution in [2.45, 2.75) is 31.3 Å². The van der Waals surface area contributed by atoms with E-state index in [0.717, 1.165) is 18.2 Å². The molecule has 0 fully saturated rings. The van der Waals surface area contributed by atoms with Crippen LogP contribution in [0.25, 0.3) is 0 Å². The van der Waals surface area contributed by atoms with Gasteiger partial charge in [-0.3, -0.25) is 10.1 Å². The van der Waals surface area contributed by atoms with Crippen LogP contribution in [0.3, 0.4) is 0 Å². The molecule has 20 heavy (non-hydrogen) atoms. The number of hydrogen-bond acceptors (Lipinski definition) is 6. The Morgan fingerprint density at radius 1 is 1.30 bits per heavy atom. The van der Waals surface area contributed by atoms with Crippen molar-refractivity contribution >= 4 is 21.7 Å². The van der Waals surface area contributed by atoms with Crippen molar-refractivity contribution in [3.05, 3.63) is 33.9 Å². The van der Waals surface area contributed by atoms with Crippen molar-refractivity contribution < 1.29 is 22.9 Å². The molecule has 110 valence electrons. The maximum atomic E-state index is 11.8. The van der Waals surface area contributed by atoms with E-state index in [2.05, 4.69) is 0 Å². The van der Waals surface area contributed by atoms with Crippen LogP contribution >= 0.6 is 0 Å². The smallest absolute Gasteiger partial charge is 0.338 e. The average molecular weight is 302 g/mol. The summed E-state index contributed by atoms with van der Waals surface area (Å²) in [7, 11) is -4.17. The number of non-ortho nitro benzene ring substituents is 1. The van der Waals surface area contributed by atoms with E-state index in [9.17, 15) is 23.3 Å². The Labute approximate surface area is 115 Å². The summed E-state index contributed by atoms with van der Waals surface area (Å²) >= 11 is 0. The van der Waals surface area contributed by atoms with Crippen molar-refractivity contribution in [3.8, 4) is 0 Å². The minimum Gasteiger partial charge on any atom is -0.456 e. The largest absolute Gasteiger partial charge is 0.456 e. The number of rotatable bonds is 3. The monoisotopic (exact) mass is 302 g/mol. The van der Waals surface area contributed by atoms with E-state index >= 15 is 0 Å². The molecule has 0 heterocycles. The highest BCUT2D eigenvalue weighted by Gasteiger charge is 2.23. The molecule has 0 saturated heterocycles. The van der Waals surface area contributed by atoms with Gasteiger partial charge in [-0.05, 0) is 26.8 Å². The quantitative estimate of drug-likeness (QED) is 0.507. The SMILES string of the molecule is CC(C)(C)OC(=O)c1cc([N+](=O)[O-])cc(S(N)(=O)=O)c1. The molecule has 0 aromatic heterocycles. The normalized spacial score (nSPS) is 12.0. The molecule has 0 radical (unpaired) electrons. The number of sulfonamides is 1. The zero-order chi connectivity index (χ0) is 15.7. The van der Waals surface area contributed by atoms with Crippen LogP contribution in [0.1, 0.15) is 31.1 Å². The molecule has 0 amide bonds. The zero-order valence-electron chi connectivity index (χ0n) is 11.1. The lowest BCUT2D eigenvalue weighted by molar-refractivity contribution is -0.385. The van der Waals surface area contributed by atoms with Crippen LogP contribution in [0.4, 0.5) is 5.69 Å². The summed E-state index contributed by atoms with van der Waals surface area (Å²) in [6, 6.07) is 2.66. The Kier molecular flexibility index (Phi) is 4.15. The van der Waals surface area contributed by atoms with E-state index in [0.29, 0.717) is 0 Å². The van der Waals surface area contributed by atoms with Crippen LogP contribution in [0, 0.1) is 10.1 Å². The average Bonchev–Trinajstić information content (AvgIpc) is 2.24. The van der Waals surface area contributed by atoms with E-state index in [1.54, 1.807) is 20.8 Å². The number of carbonyl (C=O) groups is 1. The molecule has 1 rings (SSSR count). The Morgan fingerprint density at radius 2 is 1.85 bits per heavy atom. The number of carbonyl (C=O) groups excluding carboxylic acids is 1. The topological polar surface area (TPSA) is 130 Å². The van der Waals surface area contributed by atoms with Crippen LogP contribution in [0.15, 0.2) is 23.1 Å². The molecule has 0 aliphatic rings. The number of nitro benzene ring substituents is 1. The van der Waals surface area contributed by atoms with Gasteiger partial charge in [0.15, 0.2) is 0 Å². The van der Waals surface area contributed by atoms with Gasteiger partial charge >= 0.3 is 5.97 Å². The lowest BCUT2D eigenvalue weighted by Gasteiger charge is -2.19. The molecule has 0 spiro atoms. The number of esters is 1. The molecule has 0 aliphatic carbocycles. The predicted octanol–water partition coefficient (Wildman–Crippen LogP) is 1.20. The summed E-state index contributed by atoms with van der Waals surface area (Å²) in [5.74, 6) is -0.869. The third-order valence-corrected chi connectivity index (χ3v) is 2.96. The number of hydrogen-bond donors (Lipinski definition) is 1. The number of nitrogens with two attached hydrogens (primary N) is 1. The highest BCUT2D eigenvalue weighted by molar-refractivity contribution is 7.89. The lowest BCUT2D eigenvalue weighted by atomic mass is 10.1. The van der Waals surface area contributed by atoms with E-state index in [1.165, 1.54) is 0 Å². The van der Waals surface area contributed by atoms with Crippen LogP contribution in [0.2, 0.25) is 0 Å². The third kappa shape index (κ3) is 4.28. The molecular formula is C11H14N2O6S. The van der Waals surface area contributed by atoms with E-state index in [4.69, 9.17) is 9.88 Å². The summed E-state index contributed by atoms with van der Waals surface area (Å²) < 4.78 is 27.6. The maximum Gasteiger partial charge on any atom is 0.338 e. The fourth-order valence-electron chi connectivity index (χ4n) is 1.31. The molecule has 9 heteroatoms. The standard InChI is InChI=1S/C11H14N2O6S/c1-11(2,3)19-10(14)7-4-8(13(15)16)6-9(5-7)20(12,17)18/h4-6H,1-3H3,(H2,12,17,18). The van der Waals surface area contributed by atoms with Crippen LogP contribution < -0.4 is 5.14 Å². The Bertz CT molecular complexity index is 660. The molecule has 8 nitrogen and oxygen atoms in total. The second kappa shape index (κ2) is 5.17. The molecule has 0 atom stereocenters. The first-order valence-electron chi connectivity index (χ1n) is 5.46. The molecule has 0 bridgehead atoms. The van der Waals surface area contributed by atoms with Gasteiger partial charge in [-0.15, -0.1) is 0 Å². The zero-order valence-corrected chi connectivity index (χ0v) is 11.9. The second-order valence-corrected chi connectivity index (χ2v) is 6.58. The summed E-state index contributed by atoms with van der Waals surface area (Å²) in [4.78, 5) is 21.3. The fourth-order valence-corrected chi connectivity index (χ4v) is 1.88. The van der Waals surface area contributed by atoms with E-state index < -0.39 is 37.1 Å². The Balaban J connectivity index is 3.37. The summed E-state index contributed by atoms with van der Waals surface area (Å²) in [5, 5.41) is 15.7. The predicted molar refractivity (Wildman–Crippen MR) is 69.6 cm³/mol. The summed E-state index contributed by atoms with van der Waals surface area (Å²) in [6.45, 7) is 4.84. The van der Waals surface area contributed by atoms with Crippen molar-refractivity contribution in [3.63, 3.8) is 0 Å². The molecule has 1 aromatic rings. The fraction of sp³-hybridized carbons (Fsp3) is 0.364. The highest BCUT2D eigenvalue weighted by Crippen LogP contribution is 2.22. The van der Waals surface area contributed by atoms with Gasteiger partial charge in [-0.25, -0.2) is 18.4 Å². The van der Waals surface area contributed by atoms with Crippen molar-refractivity contribution in [1.82, 2.24) is 0 Å². The first kappa shape index (κ1) is 16.1. The van der Waals surface area contributed by atoms with Crippen LogP contribution in [0.5, 0.6) is 0 Å². The van der Waals surface area contributed by atoms with E-state index in [1.807, 2.05) is 0 Å². The first-order chi connectivity index (χ1) is 8.90. The van der Waals surface area contributed by atoms with Crippen molar-refractivity contribution in [2.75, 3.05) is 0 Å². The van der Waals surface area contributed by atoms with Gasteiger partial charge in [-0.1, -0.05) is 0 Å². The molecule has 0 unspecified atom stereocenters. The number of primary sulfonamides is 1.